The van der Waals surface area contributed by atoms with E-state index >= 15 is 0 Å². The van der Waals surface area contributed by atoms with E-state index in [0.29, 0.717) is 37.0 Å². The van der Waals surface area contributed by atoms with Crippen molar-refractivity contribution >= 4 is 17.5 Å². The lowest BCUT2D eigenvalue weighted by atomic mass is 10.1. The summed E-state index contributed by atoms with van der Waals surface area (Å²) in [5.74, 6) is 1.99. The molecule has 7 nitrogen and oxygen atoms in total. The first kappa shape index (κ1) is 15.4. The minimum absolute atomic E-state index is 0.0390. The number of aryl methyl sites for hydroxylation is 1. The zero-order chi connectivity index (χ0) is 16.7. The van der Waals surface area contributed by atoms with Crippen LogP contribution in [0.3, 0.4) is 0 Å². The summed E-state index contributed by atoms with van der Waals surface area (Å²) in [4.78, 5) is 18.9. The van der Waals surface area contributed by atoms with Crippen LogP contribution in [-0.4, -0.2) is 51.8 Å². The molecule has 1 fully saturated rings. The highest BCUT2D eigenvalue weighted by Gasteiger charge is 2.36. The Bertz CT molecular complexity index is 778. The Kier molecular flexibility index (Phi) is 3.90. The predicted molar refractivity (Wildman–Crippen MR) is 86.0 cm³/mol. The lowest BCUT2D eigenvalue weighted by molar-refractivity contribution is -0.146. The van der Waals surface area contributed by atoms with E-state index in [-0.39, 0.29) is 12.0 Å². The van der Waals surface area contributed by atoms with Gasteiger partial charge >= 0.3 is 0 Å². The predicted octanol–water partition coefficient (Wildman–Crippen LogP) is 1.67. The molecule has 0 aliphatic carbocycles. The molecule has 8 heteroatoms. The molecule has 1 aromatic heterocycles. The quantitative estimate of drug-likeness (QED) is 0.893. The summed E-state index contributed by atoms with van der Waals surface area (Å²) in [6.45, 7) is 3.25. The fourth-order valence-corrected chi connectivity index (χ4v) is 3.26. The maximum atomic E-state index is 12.8. The summed E-state index contributed by atoms with van der Waals surface area (Å²) in [5.41, 5.74) is 0.968. The van der Waals surface area contributed by atoms with E-state index < -0.39 is 6.10 Å². The Labute approximate surface area is 143 Å². The molecule has 2 aromatic rings. The molecule has 2 aliphatic rings. The van der Waals surface area contributed by atoms with Crippen molar-refractivity contribution in [3.8, 4) is 5.75 Å². The van der Waals surface area contributed by atoms with Crippen LogP contribution in [0.4, 0.5) is 0 Å². The molecule has 0 unspecified atom stereocenters. The number of hydrogen-bond acceptors (Lipinski definition) is 5. The number of amides is 1. The molecule has 4 rings (SSSR count). The minimum Gasteiger partial charge on any atom is -0.480 e. The first-order valence-electron chi connectivity index (χ1n) is 7.84. The van der Waals surface area contributed by atoms with Gasteiger partial charge in [-0.3, -0.25) is 9.89 Å². The van der Waals surface area contributed by atoms with Gasteiger partial charge in [0.25, 0.3) is 5.91 Å². The molecule has 0 saturated carbocycles. The summed E-state index contributed by atoms with van der Waals surface area (Å²) < 4.78 is 11.5. The third-order valence-electron chi connectivity index (χ3n) is 4.25. The van der Waals surface area contributed by atoms with Crippen LogP contribution in [0.2, 0.25) is 5.02 Å². The van der Waals surface area contributed by atoms with Gasteiger partial charge in [-0.15, -0.1) is 0 Å². The Morgan fingerprint density at radius 2 is 2.33 bits per heavy atom. The van der Waals surface area contributed by atoms with Crippen molar-refractivity contribution in [3.05, 3.63) is 40.4 Å². The van der Waals surface area contributed by atoms with Gasteiger partial charge in [0.1, 0.15) is 17.7 Å². The standard InChI is InChI=1S/C16H17ClN4O3/c1-9-18-15(20-19-9)14-8-21(4-5-23-14)16(22)13-7-10-6-11(17)2-3-12(10)24-13/h2-3,6,13-14H,4-5,7-8H2,1H3,(H,18,19,20)/t13-,14-/m1/s1. The topological polar surface area (TPSA) is 80.3 Å². The number of hydrogen-bond donors (Lipinski definition) is 1. The van der Waals surface area contributed by atoms with Crippen molar-refractivity contribution in [2.45, 2.75) is 25.6 Å². The van der Waals surface area contributed by atoms with Crippen LogP contribution < -0.4 is 4.74 Å². The Morgan fingerprint density at radius 3 is 3.12 bits per heavy atom. The van der Waals surface area contributed by atoms with Crippen LogP contribution in [0.1, 0.15) is 23.3 Å². The van der Waals surface area contributed by atoms with Crippen LogP contribution in [-0.2, 0) is 16.0 Å². The number of ether oxygens (including phenoxy) is 2. The van der Waals surface area contributed by atoms with Gasteiger partial charge in [-0.05, 0) is 30.7 Å². The number of rotatable bonds is 2. The van der Waals surface area contributed by atoms with E-state index in [9.17, 15) is 4.79 Å². The maximum Gasteiger partial charge on any atom is 0.264 e. The van der Waals surface area contributed by atoms with Crippen molar-refractivity contribution in [1.82, 2.24) is 20.1 Å². The van der Waals surface area contributed by atoms with Crippen LogP contribution in [0, 0.1) is 6.92 Å². The SMILES string of the molecule is Cc1nc([C@H]2CN(C(=O)[C@H]3Cc4cc(Cl)ccc4O3)CCO2)n[nH]1. The second-order valence-corrected chi connectivity index (χ2v) is 6.42. The number of aromatic amines is 1. The number of halogens is 1. The van der Waals surface area contributed by atoms with E-state index in [1.165, 1.54) is 0 Å². The van der Waals surface area contributed by atoms with Crippen LogP contribution in [0.5, 0.6) is 5.75 Å². The highest BCUT2D eigenvalue weighted by molar-refractivity contribution is 6.30. The van der Waals surface area contributed by atoms with E-state index in [1.54, 1.807) is 11.0 Å². The lowest BCUT2D eigenvalue weighted by Crippen LogP contribution is -2.48. The van der Waals surface area contributed by atoms with E-state index in [2.05, 4.69) is 15.2 Å². The molecule has 1 N–H and O–H groups in total. The average Bonchev–Trinajstić information content (AvgIpc) is 3.20. The molecule has 126 valence electrons. The Balaban J connectivity index is 1.45. The zero-order valence-corrected chi connectivity index (χ0v) is 13.9. The molecule has 1 amide bonds. The lowest BCUT2D eigenvalue weighted by Gasteiger charge is -2.32. The number of H-pyrrole nitrogens is 1. The zero-order valence-electron chi connectivity index (χ0n) is 13.2. The molecule has 1 saturated heterocycles. The first-order chi connectivity index (χ1) is 11.6. The number of fused-ring (bicyclic) bond motifs is 1. The largest absolute Gasteiger partial charge is 0.480 e. The molecule has 24 heavy (non-hydrogen) atoms. The summed E-state index contributed by atoms with van der Waals surface area (Å²) in [7, 11) is 0. The van der Waals surface area contributed by atoms with Crippen molar-refractivity contribution in [2.75, 3.05) is 19.7 Å². The van der Waals surface area contributed by atoms with Gasteiger partial charge in [-0.1, -0.05) is 11.6 Å². The monoisotopic (exact) mass is 348 g/mol. The van der Waals surface area contributed by atoms with Crippen LogP contribution in [0.15, 0.2) is 18.2 Å². The Morgan fingerprint density at radius 1 is 1.46 bits per heavy atom. The van der Waals surface area contributed by atoms with Gasteiger partial charge in [0.05, 0.1) is 13.2 Å². The van der Waals surface area contributed by atoms with E-state index in [4.69, 9.17) is 21.1 Å². The number of aromatic nitrogens is 3. The highest BCUT2D eigenvalue weighted by atomic mass is 35.5. The second kappa shape index (κ2) is 6.07. The van der Waals surface area contributed by atoms with Gasteiger partial charge in [0, 0.05) is 18.0 Å². The third kappa shape index (κ3) is 2.85. The molecule has 0 bridgehead atoms. The fraction of sp³-hybridized carbons (Fsp3) is 0.438. The third-order valence-corrected chi connectivity index (χ3v) is 4.49. The number of nitrogens with zero attached hydrogens (tertiary/aromatic N) is 3. The molecule has 0 radical (unpaired) electrons. The number of carbonyl (C=O) groups excluding carboxylic acids is 1. The normalized spacial score (nSPS) is 23.0. The summed E-state index contributed by atoms with van der Waals surface area (Å²) in [6, 6.07) is 5.43. The number of morpholine rings is 1. The van der Waals surface area contributed by atoms with Crippen molar-refractivity contribution < 1.29 is 14.3 Å². The maximum absolute atomic E-state index is 12.8. The highest BCUT2D eigenvalue weighted by Crippen LogP contribution is 2.32. The molecule has 2 atom stereocenters. The number of nitrogens with one attached hydrogen (secondary N) is 1. The molecule has 0 spiro atoms. The first-order valence-corrected chi connectivity index (χ1v) is 8.22. The van der Waals surface area contributed by atoms with E-state index in [1.807, 2.05) is 19.1 Å². The van der Waals surface area contributed by atoms with Crippen molar-refractivity contribution in [1.29, 1.82) is 0 Å². The Hall–Kier alpha value is -2.12. The summed E-state index contributed by atoms with van der Waals surface area (Å²) in [6.07, 6.45) is -0.284. The van der Waals surface area contributed by atoms with Gasteiger partial charge < -0.3 is 14.4 Å². The molecular weight excluding hydrogens is 332 g/mol. The van der Waals surface area contributed by atoms with Gasteiger partial charge in [0.15, 0.2) is 11.9 Å². The molecule has 3 heterocycles. The second-order valence-electron chi connectivity index (χ2n) is 5.99. The van der Waals surface area contributed by atoms with Gasteiger partial charge in [-0.25, -0.2) is 4.98 Å². The van der Waals surface area contributed by atoms with Crippen LogP contribution in [0.25, 0.3) is 0 Å². The average molecular weight is 349 g/mol. The smallest absolute Gasteiger partial charge is 0.264 e. The summed E-state index contributed by atoms with van der Waals surface area (Å²) in [5, 5.41) is 7.58. The van der Waals surface area contributed by atoms with Crippen LogP contribution >= 0.6 is 11.6 Å². The van der Waals surface area contributed by atoms with Gasteiger partial charge in [0.2, 0.25) is 0 Å². The number of carbonyl (C=O) groups is 1. The van der Waals surface area contributed by atoms with Crippen molar-refractivity contribution in [3.63, 3.8) is 0 Å². The molecule has 2 aliphatic heterocycles. The molecular formula is C16H17ClN4O3. The van der Waals surface area contributed by atoms with E-state index in [0.717, 1.165) is 17.1 Å². The minimum atomic E-state index is -0.508. The summed E-state index contributed by atoms with van der Waals surface area (Å²) >= 11 is 6.00. The molecule has 1 aromatic carbocycles. The number of benzene rings is 1. The van der Waals surface area contributed by atoms with Gasteiger partial charge in [-0.2, -0.15) is 5.10 Å². The fourth-order valence-electron chi connectivity index (χ4n) is 3.07. The van der Waals surface area contributed by atoms with Crippen molar-refractivity contribution in [2.24, 2.45) is 0 Å².